The number of fused-ring (bicyclic) bond motifs is 1. The maximum absolute atomic E-state index is 6.20. The van der Waals surface area contributed by atoms with E-state index in [2.05, 4.69) is 60.4 Å². The molecular weight excluding hydrogens is 248 g/mol. The lowest BCUT2D eigenvalue weighted by Crippen LogP contribution is -2.33. The molecule has 20 heavy (non-hydrogen) atoms. The summed E-state index contributed by atoms with van der Waals surface area (Å²) >= 11 is 0. The number of hydrogen-bond donors (Lipinski definition) is 1. The van der Waals surface area contributed by atoms with Gasteiger partial charge in [0.15, 0.2) is 0 Å². The average Bonchev–Trinajstić information content (AvgIpc) is 2.91. The number of para-hydroxylation sites is 1. The van der Waals surface area contributed by atoms with Crippen molar-refractivity contribution in [3.05, 3.63) is 47.8 Å². The minimum Gasteiger partial charge on any atom is -0.365 e. The summed E-state index contributed by atoms with van der Waals surface area (Å²) in [5, 5.41) is 4.64. The molecule has 4 nitrogen and oxygen atoms in total. The van der Waals surface area contributed by atoms with E-state index in [1.165, 1.54) is 11.3 Å². The first-order valence-corrected chi connectivity index (χ1v) is 7.28. The summed E-state index contributed by atoms with van der Waals surface area (Å²) < 4.78 is 2.01. The van der Waals surface area contributed by atoms with Crippen molar-refractivity contribution in [1.29, 1.82) is 0 Å². The van der Waals surface area contributed by atoms with Crippen molar-refractivity contribution in [2.24, 2.45) is 5.73 Å². The molecule has 2 aromatic rings. The molecule has 0 saturated carbocycles. The minimum absolute atomic E-state index is 0.163. The van der Waals surface area contributed by atoms with Gasteiger partial charge < -0.3 is 10.6 Å². The number of benzene rings is 1. The van der Waals surface area contributed by atoms with Gasteiger partial charge in [-0.1, -0.05) is 18.2 Å². The molecule has 0 spiro atoms. The van der Waals surface area contributed by atoms with Crippen molar-refractivity contribution in [2.45, 2.75) is 38.9 Å². The third-order valence-corrected chi connectivity index (χ3v) is 3.93. The van der Waals surface area contributed by atoms with Crippen LogP contribution >= 0.6 is 0 Å². The SMILES string of the molecule is CC(C)n1ccc(CN2CCC(N)c3ccccc32)n1. The van der Waals surface area contributed by atoms with E-state index in [1.54, 1.807) is 0 Å². The highest BCUT2D eigenvalue weighted by atomic mass is 15.3. The van der Waals surface area contributed by atoms with E-state index in [0.29, 0.717) is 6.04 Å². The van der Waals surface area contributed by atoms with Gasteiger partial charge in [0.1, 0.15) is 0 Å². The zero-order valence-corrected chi connectivity index (χ0v) is 12.2. The Morgan fingerprint density at radius 1 is 1.30 bits per heavy atom. The Balaban J connectivity index is 1.83. The van der Waals surface area contributed by atoms with E-state index in [-0.39, 0.29) is 6.04 Å². The van der Waals surface area contributed by atoms with Gasteiger partial charge in [-0.05, 0) is 38.0 Å². The van der Waals surface area contributed by atoms with Crippen molar-refractivity contribution in [3.8, 4) is 0 Å². The van der Waals surface area contributed by atoms with Crippen LogP contribution in [0.2, 0.25) is 0 Å². The molecule has 1 aliphatic heterocycles. The van der Waals surface area contributed by atoms with Gasteiger partial charge in [-0.3, -0.25) is 4.68 Å². The summed E-state index contributed by atoms with van der Waals surface area (Å²) in [7, 11) is 0. The van der Waals surface area contributed by atoms with Crippen LogP contribution in [0.4, 0.5) is 5.69 Å². The minimum atomic E-state index is 0.163. The van der Waals surface area contributed by atoms with Gasteiger partial charge >= 0.3 is 0 Å². The highest BCUT2D eigenvalue weighted by Gasteiger charge is 2.22. The summed E-state index contributed by atoms with van der Waals surface area (Å²) in [5.74, 6) is 0. The molecule has 1 aromatic carbocycles. The van der Waals surface area contributed by atoms with Crippen LogP contribution in [0, 0.1) is 0 Å². The topological polar surface area (TPSA) is 47.1 Å². The number of hydrogen-bond acceptors (Lipinski definition) is 3. The fraction of sp³-hybridized carbons (Fsp3) is 0.438. The van der Waals surface area contributed by atoms with E-state index in [9.17, 15) is 0 Å². The van der Waals surface area contributed by atoms with E-state index < -0.39 is 0 Å². The van der Waals surface area contributed by atoms with Gasteiger partial charge in [-0.25, -0.2) is 0 Å². The van der Waals surface area contributed by atoms with E-state index in [1.807, 2.05) is 4.68 Å². The number of aromatic nitrogens is 2. The molecule has 3 rings (SSSR count). The standard InChI is InChI=1S/C16H22N4/c1-12(2)20-10-7-13(18-20)11-19-9-8-15(17)14-5-3-4-6-16(14)19/h3-7,10,12,15H,8-9,11,17H2,1-2H3. The Bertz CT molecular complexity index is 588. The van der Waals surface area contributed by atoms with Gasteiger partial charge in [-0.15, -0.1) is 0 Å². The van der Waals surface area contributed by atoms with Crippen molar-refractivity contribution in [2.75, 3.05) is 11.4 Å². The highest BCUT2D eigenvalue weighted by Crippen LogP contribution is 2.32. The molecule has 0 amide bonds. The Morgan fingerprint density at radius 2 is 2.10 bits per heavy atom. The van der Waals surface area contributed by atoms with Gasteiger partial charge in [0.05, 0.1) is 12.2 Å². The number of anilines is 1. The predicted molar refractivity (Wildman–Crippen MR) is 81.6 cm³/mol. The Morgan fingerprint density at radius 3 is 2.85 bits per heavy atom. The van der Waals surface area contributed by atoms with Crippen LogP contribution in [0.5, 0.6) is 0 Å². The van der Waals surface area contributed by atoms with Crippen LogP contribution in [-0.2, 0) is 6.54 Å². The third-order valence-electron chi connectivity index (χ3n) is 3.93. The highest BCUT2D eigenvalue weighted by molar-refractivity contribution is 5.56. The molecule has 0 aliphatic carbocycles. The first-order chi connectivity index (χ1) is 9.65. The predicted octanol–water partition coefficient (Wildman–Crippen LogP) is 2.87. The Hall–Kier alpha value is -1.81. The number of nitrogens with zero attached hydrogens (tertiary/aromatic N) is 3. The molecule has 1 atom stereocenters. The summed E-state index contributed by atoms with van der Waals surface area (Å²) in [6.45, 7) is 6.13. The van der Waals surface area contributed by atoms with Crippen LogP contribution in [0.1, 0.15) is 43.6 Å². The maximum Gasteiger partial charge on any atom is 0.0817 e. The van der Waals surface area contributed by atoms with Crippen LogP contribution in [0.15, 0.2) is 36.5 Å². The lowest BCUT2D eigenvalue weighted by molar-refractivity contribution is 0.522. The second-order valence-electron chi connectivity index (χ2n) is 5.76. The quantitative estimate of drug-likeness (QED) is 0.933. The summed E-state index contributed by atoms with van der Waals surface area (Å²) in [5.41, 5.74) is 9.82. The van der Waals surface area contributed by atoms with Crippen molar-refractivity contribution in [1.82, 2.24) is 9.78 Å². The fourth-order valence-corrected chi connectivity index (χ4v) is 2.77. The van der Waals surface area contributed by atoms with E-state index >= 15 is 0 Å². The number of rotatable bonds is 3. The zero-order valence-electron chi connectivity index (χ0n) is 12.2. The van der Waals surface area contributed by atoms with E-state index in [4.69, 9.17) is 5.73 Å². The number of nitrogens with two attached hydrogens (primary N) is 1. The normalized spacial score (nSPS) is 18.4. The molecule has 1 aromatic heterocycles. The van der Waals surface area contributed by atoms with Crippen LogP contribution in [0.25, 0.3) is 0 Å². The molecule has 2 N–H and O–H groups in total. The first-order valence-electron chi connectivity index (χ1n) is 7.28. The molecule has 4 heteroatoms. The molecular formula is C16H22N4. The van der Waals surface area contributed by atoms with Gasteiger partial charge in [0, 0.05) is 30.5 Å². The Kier molecular flexibility index (Phi) is 3.49. The van der Waals surface area contributed by atoms with Crippen LogP contribution in [-0.4, -0.2) is 16.3 Å². The van der Waals surface area contributed by atoms with Crippen molar-refractivity contribution in [3.63, 3.8) is 0 Å². The molecule has 0 bridgehead atoms. The van der Waals surface area contributed by atoms with Gasteiger partial charge in [0.25, 0.3) is 0 Å². The largest absolute Gasteiger partial charge is 0.365 e. The smallest absolute Gasteiger partial charge is 0.0817 e. The zero-order chi connectivity index (χ0) is 14.1. The molecule has 0 fully saturated rings. The summed E-state index contributed by atoms with van der Waals surface area (Å²) in [6.07, 6.45) is 3.06. The monoisotopic (exact) mass is 270 g/mol. The third kappa shape index (κ3) is 2.43. The molecule has 0 saturated heterocycles. The summed E-state index contributed by atoms with van der Waals surface area (Å²) in [6, 6.07) is 11.1. The molecule has 1 aliphatic rings. The lowest BCUT2D eigenvalue weighted by Gasteiger charge is -2.33. The molecule has 2 heterocycles. The second kappa shape index (κ2) is 5.29. The van der Waals surface area contributed by atoms with Crippen molar-refractivity contribution >= 4 is 5.69 Å². The molecule has 106 valence electrons. The van der Waals surface area contributed by atoms with Crippen LogP contribution in [0.3, 0.4) is 0 Å². The summed E-state index contributed by atoms with van der Waals surface area (Å²) in [4.78, 5) is 2.38. The average molecular weight is 270 g/mol. The van der Waals surface area contributed by atoms with Gasteiger partial charge in [0.2, 0.25) is 0 Å². The first kappa shape index (κ1) is 13.2. The lowest BCUT2D eigenvalue weighted by atomic mass is 9.97. The van der Waals surface area contributed by atoms with E-state index in [0.717, 1.165) is 25.2 Å². The van der Waals surface area contributed by atoms with Crippen LogP contribution < -0.4 is 10.6 Å². The van der Waals surface area contributed by atoms with Gasteiger partial charge in [-0.2, -0.15) is 5.10 Å². The fourth-order valence-electron chi connectivity index (χ4n) is 2.77. The second-order valence-corrected chi connectivity index (χ2v) is 5.76. The maximum atomic E-state index is 6.20. The molecule has 0 radical (unpaired) electrons. The Labute approximate surface area is 120 Å². The molecule has 1 unspecified atom stereocenters. The van der Waals surface area contributed by atoms with Crippen molar-refractivity contribution < 1.29 is 0 Å².